The molecule has 0 N–H and O–H groups in total. The molecule has 0 fully saturated rings. The number of hydrogen-bond donors (Lipinski definition) is 0. The molecule has 0 aromatic carbocycles. The van der Waals surface area contributed by atoms with Crippen molar-refractivity contribution in [2.45, 2.75) is 135 Å². The summed E-state index contributed by atoms with van der Waals surface area (Å²) in [7, 11) is 0. The van der Waals surface area contributed by atoms with Gasteiger partial charge in [-0.2, -0.15) is 0 Å². The van der Waals surface area contributed by atoms with E-state index in [0.717, 1.165) is 37.4 Å². The third-order valence-corrected chi connectivity index (χ3v) is 5.74. The number of alkyl halides is 1. The normalized spacial score (nSPS) is 11.8. The van der Waals surface area contributed by atoms with Gasteiger partial charge in [0.1, 0.15) is 0 Å². The second-order valence-electron chi connectivity index (χ2n) is 7.95. The Bertz CT molecular complexity index is 361. The maximum atomic E-state index is 11.5. The third-order valence-electron chi connectivity index (χ3n) is 5.18. The van der Waals surface area contributed by atoms with Crippen molar-refractivity contribution >= 4 is 21.9 Å². The second-order valence-corrected chi connectivity index (χ2v) is 8.75. The number of carbonyl (C=O) groups is 1. The predicted octanol–water partition coefficient (Wildman–Crippen LogP) is 9.26. The van der Waals surface area contributed by atoms with Crippen molar-refractivity contribution in [3.8, 4) is 0 Å². The summed E-state index contributed by atoms with van der Waals surface area (Å²) >= 11 is 3.40. The largest absolute Gasteiger partial charge is 0.435 e. The molecule has 0 saturated carbocycles. The summed E-state index contributed by atoms with van der Waals surface area (Å²) in [5.74, 6) is -0.101. The van der Waals surface area contributed by atoms with E-state index in [0.29, 0.717) is 13.3 Å². The van der Waals surface area contributed by atoms with E-state index in [1.54, 1.807) is 6.26 Å². The molecule has 28 heavy (non-hydrogen) atoms. The van der Waals surface area contributed by atoms with Crippen LogP contribution in [-0.4, -0.2) is 11.3 Å². The first-order chi connectivity index (χ1) is 14.3. The molecule has 0 atom stereocenters. The van der Waals surface area contributed by atoms with Gasteiger partial charge in [-0.3, -0.25) is 4.79 Å². The SMILES string of the molecule is [2H]CCCCCCCCCCCCCCCCCC=COC(=O)CCCCCBr. The Morgan fingerprint density at radius 2 is 1.25 bits per heavy atom. The summed E-state index contributed by atoms with van der Waals surface area (Å²) in [5, 5.41) is 1.01. The summed E-state index contributed by atoms with van der Waals surface area (Å²) in [6, 6.07) is 0. The van der Waals surface area contributed by atoms with Crippen LogP contribution in [0.5, 0.6) is 0 Å². The third kappa shape index (κ3) is 23.7. The van der Waals surface area contributed by atoms with E-state index in [9.17, 15) is 4.79 Å². The van der Waals surface area contributed by atoms with Crippen molar-refractivity contribution in [1.29, 1.82) is 0 Å². The second kappa shape index (κ2) is 24.7. The zero-order chi connectivity index (χ0) is 21.3. The molecule has 0 unspecified atom stereocenters. The van der Waals surface area contributed by atoms with Gasteiger partial charge in [-0.25, -0.2) is 0 Å². The van der Waals surface area contributed by atoms with Gasteiger partial charge in [0, 0.05) is 13.1 Å². The molecule has 0 saturated heterocycles. The highest BCUT2D eigenvalue weighted by atomic mass is 79.9. The van der Waals surface area contributed by atoms with E-state index in [2.05, 4.69) is 15.9 Å². The first-order valence-corrected chi connectivity index (χ1v) is 13.1. The first kappa shape index (κ1) is 25.7. The van der Waals surface area contributed by atoms with E-state index in [1.165, 1.54) is 89.9 Å². The molecule has 166 valence electrons. The summed E-state index contributed by atoms with van der Waals surface area (Å²) in [4.78, 5) is 11.5. The van der Waals surface area contributed by atoms with Crippen molar-refractivity contribution < 1.29 is 10.9 Å². The maximum absolute atomic E-state index is 11.5. The molecule has 0 bridgehead atoms. The van der Waals surface area contributed by atoms with Gasteiger partial charge in [0.05, 0.1) is 6.26 Å². The fourth-order valence-electron chi connectivity index (χ4n) is 3.35. The smallest absolute Gasteiger partial charge is 0.310 e. The Kier molecular flexibility index (Phi) is 22.7. The lowest BCUT2D eigenvalue weighted by Crippen LogP contribution is -1.98. The Morgan fingerprint density at radius 1 is 0.750 bits per heavy atom. The zero-order valence-electron chi connectivity index (χ0n) is 19.4. The van der Waals surface area contributed by atoms with Crippen LogP contribution >= 0.6 is 15.9 Å². The summed E-state index contributed by atoms with van der Waals surface area (Å²) in [6.45, 7) is 0.604. The summed E-state index contributed by atoms with van der Waals surface area (Å²) < 4.78 is 12.2. The number of hydrogen-bond acceptors (Lipinski definition) is 2. The van der Waals surface area contributed by atoms with Gasteiger partial charge in [0.2, 0.25) is 0 Å². The Hall–Kier alpha value is -0.310. The number of ether oxygens (including phenoxy) is 1. The number of carbonyl (C=O) groups excluding carboxylic acids is 1. The maximum Gasteiger partial charge on any atom is 0.310 e. The van der Waals surface area contributed by atoms with Crippen molar-refractivity contribution in [2.24, 2.45) is 0 Å². The summed E-state index contributed by atoms with van der Waals surface area (Å²) in [5.41, 5.74) is 0. The Balaban J connectivity index is 3.15. The van der Waals surface area contributed by atoms with E-state index >= 15 is 0 Å². The van der Waals surface area contributed by atoms with Gasteiger partial charge in [-0.05, 0) is 31.8 Å². The van der Waals surface area contributed by atoms with Crippen LogP contribution in [0.1, 0.15) is 137 Å². The van der Waals surface area contributed by atoms with Crippen LogP contribution in [0, 0.1) is 0 Å². The topological polar surface area (TPSA) is 26.3 Å². The van der Waals surface area contributed by atoms with Crippen LogP contribution in [0.15, 0.2) is 12.3 Å². The lowest BCUT2D eigenvalue weighted by Gasteiger charge is -2.03. The fourth-order valence-corrected chi connectivity index (χ4v) is 3.75. The number of allylic oxidation sites excluding steroid dienone is 1. The van der Waals surface area contributed by atoms with Gasteiger partial charge < -0.3 is 4.74 Å². The Labute approximate surface area is 185 Å². The van der Waals surface area contributed by atoms with Gasteiger partial charge in [0.15, 0.2) is 0 Å². The standard InChI is InChI=1S/C25H47BrO2/c1-2-3-4-5-6-7-8-9-10-11-12-13-14-15-16-17-21-24-28-25(27)22-19-18-20-23-26/h21,24H,2-20,22-23H2,1H3/i1D. The molecule has 3 heteroatoms. The molecule has 0 aliphatic carbocycles. The number of rotatable bonds is 22. The molecule has 0 radical (unpaired) electrons. The molecule has 0 rings (SSSR count). The van der Waals surface area contributed by atoms with Crippen molar-refractivity contribution in [2.75, 3.05) is 5.33 Å². The molecule has 0 aliphatic rings. The number of halogens is 1. The van der Waals surface area contributed by atoms with Gasteiger partial charge in [-0.1, -0.05) is 119 Å². The number of unbranched alkanes of at least 4 members (excludes halogenated alkanes) is 17. The predicted molar refractivity (Wildman–Crippen MR) is 127 cm³/mol. The highest BCUT2D eigenvalue weighted by Crippen LogP contribution is 2.13. The Morgan fingerprint density at radius 3 is 1.79 bits per heavy atom. The van der Waals surface area contributed by atoms with Crippen molar-refractivity contribution in [1.82, 2.24) is 0 Å². The zero-order valence-corrected chi connectivity index (χ0v) is 20.0. The first-order valence-electron chi connectivity index (χ1n) is 12.7. The minimum absolute atomic E-state index is 0.101. The average molecular weight is 461 g/mol. The van der Waals surface area contributed by atoms with Crippen LogP contribution in [0.3, 0.4) is 0 Å². The molecule has 2 nitrogen and oxygen atoms in total. The number of esters is 1. The molecule has 0 heterocycles. The highest BCUT2D eigenvalue weighted by Gasteiger charge is 1.99. The quantitative estimate of drug-likeness (QED) is 0.0696. The van der Waals surface area contributed by atoms with Gasteiger partial charge in [0.25, 0.3) is 0 Å². The van der Waals surface area contributed by atoms with E-state index in [1.807, 2.05) is 6.08 Å². The van der Waals surface area contributed by atoms with Crippen LogP contribution in [-0.2, 0) is 9.53 Å². The summed E-state index contributed by atoms with van der Waals surface area (Å²) in [6.07, 6.45) is 28.3. The van der Waals surface area contributed by atoms with Gasteiger partial charge in [-0.15, -0.1) is 0 Å². The molecule has 0 aliphatic heterocycles. The van der Waals surface area contributed by atoms with Crippen LogP contribution in [0.2, 0.25) is 0 Å². The van der Waals surface area contributed by atoms with E-state index in [4.69, 9.17) is 6.11 Å². The molecule has 0 aromatic rings. The van der Waals surface area contributed by atoms with Crippen molar-refractivity contribution in [3.05, 3.63) is 12.3 Å². The molecule has 0 aromatic heterocycles. The monoisotopic (exact) mass is 459 g/mol. The minimum Gasteiger partial charge on any atom is -0.435 e. The molecular weight excluding hydrogens is 412 g/mol. The van der Waals surface area contributed by atoms with E-state index < -0.39 is 0 Å². The average Bonchev–Trinajstić information content (AvgIpc) is 2.73. The minimum atomic E-state index is -0.101. The molecule has 0 amide bonds. The lowest BCUT2D eigenvalue weighted by atomic mass is 10.0. The lowest BCUT2D eigenvalue weighted by molar-refractivity contribution is -0.138. The fraction of sp³-hybridized carbons (Fsp3) is 0.880. The van der Waals surface area contributed by atoms with Crippen LogP contribution < -0.4 is 0 Å². The van der Waals surface area contributed by atoms with E-state index in [-0.39, 0.29) is 5.97 Å². The van der Waals surface area contributed by atoms with Crippen molar-refractivity contribution in [3.63, 3.8) is 0 Å². The molecular formula is C25H47BrO2. The van der Waals surface area contributed by atoms with Crippen LogP contribution in [0.4, 0.5) is 0 Å². The van der Waals surface area contributed by atoms with Gasteiger partial charge >= 0.3 is 5.97 Å². The molecule has 0 spiro atoms. The van der Waals surface area contributed by atoms with Crippen LogP contribution in [0.25, 0.3) is 0 Å². The highest BCUT2D eigenvalue weighted by molar-refractivity contribution is 9.09.